The van der Waals surface area contributed by atoms with Gasteiger partial charge >= 0.3 is 11.9 Å². The smallest absolute Gasteiger partial charge is 0.305 e. The lowest BCUT2D eigenvalue weighted by molar-refractivity contribution is -0.147. The van der Waals surface area contributed by atoms with Crippen molar-refractivity contribution in [3.8, 4) is 0 Å². The number of ether oxygens (including phenoxy) is 1. The Morgan fingerprint density at radius 1 is 0.500 bits per heavy atom. The van der Waals surface area contributed by atoms with Crippen molar-refractivity contribution in [1.82, 2.24) is 0 Å². The average Bonchev–Trinajstić information content (AvgIpc) is 3.02. The third kappa shape index (κ3) is 40.8. The molecule has 0 aromatic carbocycles. The highest BCUT2D eigenvalue weighted by atomic mass is 16.5. The van der Waals surface area contributed by atoms with Gasteiger partial charge in [-0.1, -0.05) is 155 Å². The second-order valence-electron chi connectivity index (χ2n) is 12.5. The number of carbonyl (C=O) groups is 2. The molecule has 44 heavy (non-hydrogen) atoms. The van der Waals surface area contributed by atoms with Crippen LogP contribution in [-0.2, 0) is 14.3 Å². The van der Waals surface area contributed by atoms with Crippen molar-refractivity contribution < 1.29 is 39.9 Å². The number of carboxylic acid groups (broad SMARTS) is 1. The fraction of sp³-hybridized carbons (Fsp3) is 0.944. The topological polar surface area (TPSA) is 145 Å². The average molecular weight is 633 g/mol. The molecule has 8 heteroatoms. The second-order valence-corrected chi connectivity index (χ2v) is 12.5. The van der Waals surface area contributed by atoms with Crippen LogP contribution in [0.3, 0.4) is 0 Å². The fourth-order valence-corrected chi connectivity index (χ4v) is 5.12. The van der Waals surface area contributed by atoms with Gasteiger partial charge in [-0.3, -0.25) is 9.59 Å². The van der Waals surface area contributed by atoms with E-state index in [-0.39, 0.29) is 25.8 Å². The number of unbranched alkanes of at least 4 members (excludes halogenated alkanes) is 23. The van der Waals surface area contributed by atoms with E-state index in [1.54, 1.807) is 0 Å². The Hall–Kier alpha value is -1.22. The summed E-state index contributed by atoms with van der Waals surface area (Å²) in [5.41, 5.74) is 0. The van der Waals surface area contributed by atoms with Gasteiger partial charge in [0.2, 0.25) is 0 Å². The van der Waals surface area contributed by atoms with Gasteiger partial charge in [0.05, 0.1) is 19.3 Å². The number of aliphatic hydroxyl groups excluding tert-OH is 4. The fourth-order valence-electron chi connectivity index (χ4n) is 5.12. The molecule has 0 fully saturated rings. The van der Waals surface area contributed by atoms with Gasteiger partial charge in [0.1, 0.15) is 12.7 Å². The lowest BCUT2D eigenvalue weighted by Gasteiger charge is -2.08. The van der Waals surface area contributed by atoms with E-state index < -0.39 is 18.2 Å². The minimum absolute atomic E-state index is 0.113. The SMILES string of the molecule is CCCCCCCCCCCC(=O)O.O=C(CCCCCCCCCCCCCCCCCCC(O)CO)OCC(O)CO. The van der Waals surface area contributed by atoms with Gasteiger partial charge in [-0.15, -0.1) is 0 Å². The zero-order chi connectivity index (χ0) is 32.9. The molecular formula is C36H72O8. The van der Waals surface area contributed by atoms with Crippen molar-refractivity contribution in [2.24, 2.45) is 0 Å². The minimum Gasteiger partial charge on any atom is -0.481 e. The molecule has 2 unspecified atom stereocenters. The van der Waals surface area contributed by atoms with Crippen LogP contribution >= 0.6 is 0 Å². The predicted octanol–water partition coefficient (Wildman–Crippen LogP) is 8.25. The summed E-state index contributed by atoms with van der Waals surface area (Å²) in [6, 6.07) is 0. The second kappa shape index (κ2) is 38.0. The molecule has 0 rings (SSSR count). The number of carboxylic acids is 1. The molecule has 2 atom stereocenters. The molecule has 5 N–H and O–H groups in total. The lowest BCUT2D eigenvalue weighted by Crippen LogP contribution is -2.21. The van der Waals surface area contributed by atoms with Crippen LogP contribution in [0.4, 0.5) is 0 Å². The molecule has 8 nitrogen and oxygen atoms in total. The number of carbonyl (C=O) groups excluding carboxylic acids is 1. The van der Waals surface area contributed by atoms with Crippen LogP contribution < -0.4 is 0 Å². The quantitative estimate of drug-likeness (QED) is 0.0359. The number of hydrogen-bond acceptors (Lipinski definition) is 7. The molecule has 0 aliphatic heterocycles. The summed E-state index contributed by atoms with van der Waals surface area (Å²) < 4.78 is 4.87. The van der Waals surface area contributed by atoms with Gasteiger partial charge < -0.3 is 30.3 Å². The summed E-state index contributed by atoms with van der Waals surface area (Å²) >= 11 is 0. The van der Waals surface area contributed by atoms with E-state index in [1.165, 1.54) is 116 Å². The van der Waals surface area contributed by atoms with E-state index in [0.29, 0.717) is 12.8 Å². The maximum Gasteiger partial charge on any atom is 0.305 e. The number of rotatable bonds is 33. The Morgan fingerprint density at radius 3 is 1.20 bits per heavy atom. The third-order valence-electron chi connectivity index (χ3n) is 8.02. The highest BCUT2D eigenvalue weighted by Crippen LogP contribution is 2.15. The Bertz CT molecular complexity index is 586. The molecule has 0 spiro atoms. The number of aliphatic carboxylic acids is 1. The first-order valence-corrected chi connectivity index (χ1v) is 18.3. The van der Waals surface area contributed by atoms with Crippen LogP contribution in [0.25, 0.3) is 0 Å². The normalized spacial score (nSPS) is 12.4. The molecule has 0 saturated heterocycles. The van der Waals surface area contributed by atoms with Crippen molar-refractivity contribution in [3.63, 3.8) is 0 Å². The number of hydrogen-bond donors (Lipinski definition) is 5. The maximum absolute atomic E-state index is 11.4. The summed E-state index contributed by atoms with van der Waals surface area (Å²) in [6.07, 6.45) is 30.7. The lowest BCUT2D eigenvalue weighted by atomic mass is 10.0. The molecule has 0 aliphatic carbocycles. The first-order valence-electron chi connectivity index (χ1n) is 18.3. The summed E-state index contributed by atoms with van der Waals surface area (Å²) in [4.78, 5) is 21.6. The first-order chi connectivity index (χ1) is 21.4. The molecule has 0 aromatic rings. The van der Waals surface area contributed by atoms with Crippen LogP contribution in [0.15, 0.2) is 0 Å². The van der Waals surface area contributed by atoms with E-state index in [1.807, 2.05) is 0 Å². The van der Waals surface area contributed by atoms with E-state index in [0.717, 1.165) is 51.4 Å². The van der Waals surface area contributed by atoms with E-state index >= 15 is 0 Å². The van der Waals surface area contributed by atoms with Crippen LogP contribution in [0, 0.1) is 0 Å². The molecular weight excluding hydrogens is 560 g/mol. The van der Waals surface area contributed by atoms with Gasteiger partial charge in [0.25, 0.3) is 0 Å². The highest BCUT2D eigenvalue weighted by molar-refractivity contribution is 5.69. The summed E-state index contributed by atoms with van der Waals surface area (Å²) in [6.45, 7) is 1.62. The summed E-state index contributed by atoms with van der Waals surface area (Å²) in [5, 5.41) is 44.2. The van der Waals surface area contributed by atoms with E-state index in [4.69, 9.17) is 25.2 Å². The molecule has 0 heterocycles. The number of aliphatic hydroxyl groups is 4. The number of esters is 1. The summed E-state index contributed by atoms with van der Waals surface area (Å²) in [5.74, 6) is -0.951. The van der Waals surface area contributed by atoms with Crippen molar-refractivity contribution in [1.29, 1.82) is 0 Å². The molecule has 264 valence electrons. The molecule has 0 radical (unpaired) electrons. The highest BCUT2D eigenvalue weighted by Gasteiger charge is 2.07. The van der Waals surface area contributed by atoms with Crippen molar-refractivity contribution in [3.05, 3.63) is 0 Å². The Morgan fingerprint density at radius 2 is 0.841 bits per heavy atom. The Kier molecular flexibility index (Phi) is 38.7. The van der Waals surface area contributed by atoms with Crippen LogP contribution in [0.2, 0.25) is 0 Å². The maximum atomic E-state index is 11.4. The predicted molar refractivity (Wildman–Crippen MR) is 180 cm³/mol. The standard InChI is InChI=1S/C24H48O6.C12H24O2/c25-19-22(27)17-15-13-11-9-7-5-3-1-2-4-6-8-10-12-14-16-18-24(29)30-21-23(28)20-26;1-2-3-4-5-6-7-8-9-10-11-12(13)14/h22-23,25-28H,1-21H2;2-11H2,1H3,(H,13,14). The molecule has 0 aromatic heterocycles. The van der Waals surface area contributed by atoms with E-state index in [9.17, 15) is 14.7 Å². The first kappa shape index (κ1) is 44.9. The van der Waals surface area contributed by atoms with Gasteiger partial charge in [0, 0.05) is 12.8 Å². The van der Waals surface area contributed by atoms with Crippen molar-refractivity contribution in [2.45, 2.75) is 199 Å². The molecule has 0 bridgehead atoms. The molecule has 0 aliphatic rings. The van der Waals surface area contributed by atoms with Crippen LogP contribution in [0.5, 0.6) is 0 Å². The molecule has 0 saturated carbocycles. The van der Waals surface area contributed by atoms with Gasteiger partial charge in [0.15, 0.2) is 0 Å². The van der Waals surface area contributed by atoms with E-state index in [2.05, 4.69) is 6.92 Å². The minimum atomic E-state index is -0.969. The zero-order valence-electron chi connectivity index (χ0n) is 28.5. The molecule has 0 amide bonds. The van der Waals surface area contributed by atoms with Gasteiger partial charge in [-0.25, -0.2) is 0 Å². The van der Waals surface area contributed by atoms with Gasteiger partial charge in [-0.2, -0.15) is 0 Å². The summed E-state index contributed by atoms with van der Waals surface area (Å²) in [7, 11) is 0. The van der Waals surface area contributed by atoms with Crippen molar-refractivity contribution >= 4 is 11.9 Å². The third-order valence-corrected chi connectivity index (χ3v) is 8.02. The monoisotopic (exact) mass is 633 g/mol. The van der Waals surface area contributed by atoms with Crippen LogP contribution in [0.1, 0.15) is 187 Å². The zero-order valence-corrected chi connectivity index (χ0v) is 28.5. The largest absolute Gasteiger partial charge is 0.481 e. The van der Waals surface area contributed by atoms with Crippen molar-refractivity contribution in [2.75, 3.05) is 19.8 Å². The Balaban J connectivity index is 0. The van der Waals surface area contributed by atoms with Crippen LogP contribution in [-0.4, -0.2) is 69.5 Å². The Labute approximate surface area is 270 Å². The van der Waals surface area contributed by atoms with Gasteiger partial charge in [-0.05, 0) is 19.3 Å².